The molecule has 3 N–H and O–H groups in total. The number of aromatic nitrogens is 2. The molecule has 0 aromatic carbocycles. The summed E-state index contributed by atoms with van der Waals surface area (Å²) in [5, 5.41) is 0. The zero-order valence-electron chi connectivity index (χ0n) is 5.93. The largest absolute Gasteiger partial charge is 0.363 e. The van der Waals surface area contributed by atoms with Crippen LogP contribution in [0.15, 0.2) is 0 Å². The summed E-state index contributed by atoms with van der Waals surface area (Å²) in [5.41, 5.74) is 6.66. The van der Waals surface area contributed by atoms with Crippen LogP contribution < -0.4 is 5.73 Å². The normalized spacial score (nSPS) is 9.80. The minimum absolute atomic E-state index is 0.231. The fourth-order valence-corrected chi connectivity index (χ4v) is 0.664. The summed E-state index contributed by atoms with van der Waals surface area (Å²) < 4.78 is 0. The molecular formula is C6H9N3O. The number of carbonyl (C=O) groups is 1. The summed E-state index contributed by atoms with van der Waals surface area (Å²) in [4.78, 5) is 17.1. The van der Waals surface area contributed by atoms with E-state index in [1.165, 1.54) is 0 Å². The molecule has 54 valence electrons. The molecule has 10 heavy (non-hydrogen) atoms. The highest BCUT2D eigenvalue weighted by molar-refractivity contribution is 5.89. The third-order valence-electron chi connectivity index (χ3n) is 1.36. The quantitative estimate of drug-likeness (QED) is 0.580. The summed E-state index contributed by atoms with van der Waals surface area (Å²) >= 11 is 0. The Morgan fingerprint density at radius 1 is 1.60 bits per heavy atom. The molecule has 1 aromatic rings. The zero-order chi connectivity index (χ0) is 7.72. The highest BCUT2D eigenvalue weighted by atomic mass is 16.1. The molecule has 4 nitrogen and oxygen atoms in total. The number of amides is 1. The second-order valence-corrected chi connectivity index (χ2v) is 2.16. The van der Waals surface area contributed by atoms with Crippen LogP contribution in [0.25, 0.3) is 0 Å². The predicted octanol–water partition coefficient (Wildman–Crippen LogP) is 0.125. The van der Waals surface area contributed by atoms with Gasteiger partial charge < -0.3 is 10.7 Å². The Kier molecular flexibility index (Phi) is 1.45. The molecular weight excluding hydrogens is 130 g/mol. The van der Waals surface area contributed by atoms with Gasteiger partial charge in [-0.3, -0.25) is 4.79 Å². The second-order valence-electron chi connectivity index (χ2n) is 2.16. The smallest absolute Gasteiger partial charge is 0.284 e. The van der Waals surface area contributed by atoms with Crippen molar-refractivity contribution in [1.82, 2.24) is 9.97 Å². The molecule has 0 atom stereocenters. The van der Waals surface area contributed by atoms with Gasteiger partial charge in [0.25, 0.3) is 5.91 Å². The van der Waals surface area contributed by atoms with E-state index in [9.17, 15) is 4.79 Å². The average Bonchev–Trinajstić information content (AvgIpc) is 2.13. The minimum atomic E-state index is -0.517. The van der Waals surface area contributed by atoms with Crippen molar-refractivity contribution in [1.29, 1.82) is 0 Å². The van der Waals surface area contributed by atoms with Crippen molar-refractivity contribution in [3.05, 3.63) is 17.2 Å². The number of H-pyrrole nitrogens is 1. The van der Waals surface area contributed by atoms with E-state index < -0.39 is 5.91 Å². The Labute approximate surface area is 58.5 Å². The molecule has 0 saturated heterocycles. The molecule has 0 aliphatic heterocycles. The lowest BCUT2D eigenvalue weighted by Gasteiger charge is -1.82. The number of carbonyl (C=O) groups excluding carboxylic acids is 1. The molecule has 1 amide bonds. The van der Waals surface area contributed by atoms with Gasteiger partial charge >= 0.3 is 0 Å². The van der Waals surface area contributed by atoms with Gasteiger partial charge in [0.2, 0.25) is 0 Å². The fourth-order valence-electron chi connectivity index (χ4n) is 0.664. The number of nitrogens with one attached hydrogen (secondary N) is 1. The lowest BCUT2D eigenvalue weighted by molar-refractivity contribution is 0.0991. The van der Waals surface area contributed by atoms with Crippen molar-refractivity contribution in [2.75, 3.05) is 0 Å². The van der Waals surface area contributed by atoms with Crippen molar-refractivity contribution < 1.29 is 4.79 Å². The zero-order valence-corrected chi connectivity index (χ0v) is 5.93. The van der Waals surface area contributed by atoms with Gasteiger partial charge in [0.15, 0.2) is 5.82 Å². The predicted molar refractivity (Wildman–Crippen MR) is 36.6 cm³/mol. The van der Waals surface area contributed by atoms with Gasteiger partial charge in [0, 0.05) is 5.69 Å². The molecule has 0 saturated carbocycles. The summed E-state index contributed by atoms with van der Waals surface area (Å²) in [7, 11) is 0. The highest BCUT2D eigenvalue weighted by Crippen LogP contribution is 2.00. The van der Waals surface area contributed by atoms with E-state index in [1.54, 1.807) is 0 Å². The van der Waals surface area contributed by atoms with Crippen molar-refractivity contribution in [3.8, 4) is 0 Å². The molecule has 0 unspecified atom stereocenters. The van der Waals surface area contributed by atoms with E-state index in [-0.39, 0.29) is 5.82 Å². The number of imidazole rings is 1. The fraction of sp³-hybridized carbons (Fsp3) is 0.333. The molecule has 0 aliphatic rings. The number of primary amides is 1. The summed E-state index contributed by atoms with van der Waals surface area (Å²) in [6, 6.07) is 0. The standard InChI is InChI=1S/C6H9N3O/c1-3-4(2)9-6(8-3)5(7)10/h1-2H3,(H2,7,10)(H,8,9). The second kappa shape index (κ2) is 2.13. The number of nitrogens with zero attached hydrogens (tertiary/aromatic N) is 1. The van der Waals surface area contributed by atoms with Crippen molar-refractivity contribution in [2.45, 2.75) is 13.8 Å². The first-order chi connectivity index (χ1) is 4.61. The van der Waals surface area contributed by atoms with Crippen molar-refractivity contribution in [3.63, 3.8) is 0 Å². The van der Waals surface area contributed by atoms with E-state index in [2.05, 4.69) is 9.97 Å². The highest BCUT2D eigenvalue weighted by Gasteiger charge is 2.05. The first-order valence-electron chi connectivity index (χ1n) is 2.94. The minimum Gasteiger partial charge on any atom is -0.363 e. The van der Waals surface area contributed by atoms with E-state index in [1.807, 2.05) is 13.8 Å². The number of rotatable bonds is 1. The Balaban J connectivity index is 3.10. The molecule has 0 spiro atoms. The Morgan fingerprint density at radius 2 is 2.20 bits per heavy atom. The molecule has 1 aromatic heterocycles. The van der Waals surface area contributed by atoms with Gasteiger partial charge in [-0.1, -0.05) is 0 Å². The van der Waals surface area contributed by atoms with E-state index in [0.717, 1.165) is 11.4 Å². The van der Waals surface area contributed by atoms with Crippen LogP contribution in [0.5, 0.6) is 0 Å². The van der Waals surface area contributed by atoms with Gasteiger partial charge in [0.05, 0.1) is 5.69 Å². The van der Waals surface area contributed by atoms with Crippen LogP contribution >= 0.6 is 0 Å². The van der Waals surface area contributed by atoms with E-state index in [0.29, 0.717) is 0 Å². The molecule has 4 heteroatoms. The van der Waals surface area contributed by atoms with E-state index >= 15 is 0 Å². The Hall–Kier alpha value is -1.32. The van der Waals surface area contributed by atoms with Gasteiger partial charge in [-0.15, -0.1) is 0 Å². The average molecular weight is 139 g/mol. The molecule has 1 rings (SSSR count). The molecule has 1 heterocycles. The maximum atomic E-state index is 10.5. The summed E-state index contributed by atoms with van der Waals surface area (Å²) in [5.74, 6) is -0.286. The number of aromatic amines is 1. The molecule has 0 bridgehead atoms. The van der Waals surface area contributed by atoms with Crippen LogP contribution in [0.4, 0.5) is 0 Å². The summed E-state index contributed by atoms with van der Waals surface area (Å²) in [6.45, 7) is 3.66. The van der Waals surface area contributed by atoms with Crippen molar-refractivity contribution >= 4 is 5.91 Å². The van der Waals surface area contributed by atoms with Gasteiger partial charge in [-0.25, -0.2) is 4.98 Å². The number of hydrogen-bond donors (Lipinski definition) is 2. The topological polar surface area (TPSA) is 71.8 Å². The van der Waals surface area contributed by atoms with Crippen LogP contribution in [0.2, 0.25) is 0 Å². The third-order valence-corrected chi connectivity index (χ3v) is 1.36. The van der Waals surface area contributed by atoms with Crippen LogP contribution in [-0.4, -0.2) is 15.9 Å². The van der Waals surface area contributed by atoms with Crippen LogP contribution in [0, 0.1) is 13.8 Å². The van der Waals surface area contributed by atoms with Crippen LogP contribution in [0.3, 0.4) is 0 Å². The molecule has 0 aliphatic carbocycles. The van der Waals surface area contributed by atoms with Crippen LogP contribution in [0.1, 0.15) is 22.0 Å². The number of aryl methyl sites for hydroxylation is 2. The maximum Gasteiger partial charge on any atom is 0.284 e. The SMILES string of the molecule is Cc1nc(C(N)=O)[nH]c1C. The van der Waals surface area contributed by atoms with Gasteiger partial charge in [-0.05, 0) is 13.8 Å². The monoisotopic (exact) mass is 139 g/mol. The Morgan fingerprint density at radius 3 is 2.40 bits per heavy atom. The van der Waals surface area contributed by atoms with Gasteiger partial charge in [0.1, 0.15) is 0 Å². The van der Waals surface area contributed by atoms with Gasteiger partial charge in [-0.2, -0.15) is 0 Å². The molecule has 0 fully saturated rings. The third kappa shape index (κ3) is 1.00. The van der Waals surface area contributed by atoms with E-state index in [4.69, 9.17) is 5.73 Å². The number of hydrogen-bond acceptors (Lipinski definition) is 2. The van der Waals surface area contributed by atoms with Crippen LogP contribution in [-0.2, 0) is 0 Å². The first-order valence-corrected chi connectivity index (χ1v) is 2.94. The summed E-state index contributed by atoms with van der Waals surface area (Å²) in [6.07, 6.45) is 0. The first kappa shape index (κ1) is 6.80. The lowest BCUT2D eigenvalue weighted by atomic mass is 10.4. The Bertz CT molecular complexity index is 244. The molecule has 0 radical (unpaired) electrons. The lowest BCUT2D eigenvalue weighted by Crippen LogP contribution is -2.12. The maximum absolute atomic E-state index is 10.5. The van der Waals surface area contributed by atoms with Crippen molar-refractivity contribution in [2.24, 2.45) is 5.73 Å². The number of nitrogens with two attached hydrogens (primary N) is 1.